The van der Waals surface area contributed by atoms with Gasteiger partial charge in [0.15, 0.2) is 0 Å². The molecular weight excluding hydrogens is 393 g/mol. The molecule has 0 unspecified atom stereocenters. The number of carbonyl (C=O) groups is 3. The molecule has 0 aliphatic heterocycles. The molecule has 0 heterocycles. The van der Waals surface area contributed by atoms with E-state index >= 15 is 0 Å². The average Bonchev–Trinajstić information content (AvgIpc) is 2.66. The second kappa shape index (κ2) is 9.58. The minimum absolute atomic E-state index is 0.0618. The fraction of sp³-hybridized carbons (Fsp3) is 0.211. The Bertz CT molecular complexity index is 865. The highest BCUT2D eigenvalue weighted by Gasteiger charge is 2.30. The highest BCUT2D eigenvalue weighted by atomic mass is 19.4. The van der Waals surface area contributed by atoms with Crippen LogP contribution in [0.4, 0.5) is 18.9 Å². The van der Waals surface area contributed by atoms with E-state index in [1.165, 1.54) is 43.5 Å². The number of anilines is 1. The maximum absolute atomic E-state index is 12.1. The quantitative estimate of drug-likeness (QED) is 0.685. The zero-order chi connectivity index (χ0) is 21.4. The van der Waals surface area contributed by atoms with Crippen LogP contribution in [0.2, 0.25) is 0 Å². The van der Waals surface area contributed by atoms with Gasteiger partial charge in [-0.25, -0.2) is 0 Å². The highest BCUT2D eigenvalue weighted by molar-refractivity contribution is 5.97. The SMILES string of the molecule is COC(=O)CNC(=O)c1ccc(NC(=O)Cc2ccc(OC(F)(F)F)cc2)cc1. The van der Waals surface area contributed by atoms with Crippen LogP contribution in [0.1, 0.15) is 15.9 Å². The van der Waals surface area contributed by atoms with Crippen molar-refractivity contribution in [3.8, 4) is 5.75 Å². The number of ether oxygens (including phenoxy) is 2. The molecule has 0 aliphatic carbocycles. The van der Waals surface area contributed by atoms with Crippen molar-refractivity contribution in [1.82, 2.24) is 5.32 Å². The summed E-state index contributed by atoms with van der Waals surface area (Å²) in [6, 6.07) is 10.9. The van der Waals surface area contributed by atoms with Gasteiger partial charge in [0.05, 0.1) is 13.5 Å². The molecule has 2 aromatic carbocycles. The molecular formula is C19H17F3N2O5. The van der Waals surface area contributed by atoms with Crippen LogP contribution in [0.5, 0.6) is 5.75 Å². The third-order valence-electron chi connectivity index (χ3n) is 3.57. The molecule has 2 aromatic rings. The molecule has 0 spiro atoms. The molecule has 2 rings (SSSR count). The van der Waals surface area contributed by atoms with Gasteiger partial charge in [0.25, 0.3) is 5.91 Å². The lowest BCUT2D eigenvalue weighted by atomic mass is 10.1. The van der Waals surface area contributed by atoms with Crippen LogP contribution in [0.3, 0.4) is 0 Å². The normalized spacial score (nSPS) is 10.8. The molecule has 154 valence electrons. The van der Waals surface area contributed by atoms with Gasteiger partial charge in [0.2, 0.25) is 5.91 Å². The van der Waals surface area contributed by atoms with Crippen molar-refractivity contribution in [3.63, 3.8) is 0 Å². The van der Waals surface area contributed by atoms with Crippen molar-refractivity contribution in [1.29, 1.82) is 0 Å². The fourth-order valence-corrected chi connectivity index (χ4v) is 2.23. The number of alkyl halides is 3. The predicted molar refractivity (Wildman–Crippen MR) is 96.2 cm³/mol. The van der Waals surface area contributed by atoms with Crippen molar-refractivity contribution in [3.05, 3.63) is 59.7 Å². The van der Waals surface area contributed by atoms with Crippen LogP contribution in [-0.2, 0) is 20.7 Å². The molecule has 29 heavy (non-hydrogen) atoms. The summed E-state index contributed by atoms with van der Waals surface area (Å²) in [7, 11) is 1.20. The van der Waals surface area contributed by atoms with Gasteiger partial charge in [0.1, 0.15) is 12.3 Å². The predicted octanol–water partition coefficient (Wildman–Crippen LogP) is 2.67. The lowest BCUT2D eigenvalue weighted by Gasteiger charge is -2.10. The number of carbonyl (C=O) groups excluding carboxylic acids is 3. The number of nitrogens with one attached hydrogen (secondary N) is 2. The van der Waals surface area contributed by atoms with E-state index in [2.05, 4.69) is 20.1 Å². The Morgan fingerprint density at radius 1 is 0.966 bits per heavy atom. The number of amides is 2. The van der Waals surface area contributed by atoms with Crippen LogP contribution in [-0.4, -0.2) is 37.8 Å². The molecule has 0 saturated heterocycles. The highest BCUT2D eigenvalue weighted by Crippen LogP contribution is 2.23. The van der Waals surface area contributed by atoms with Crippen LogP contribution in [0, 0.1) is 0 Å². The summed E-state index contributed by atoms with van der Waals surface area (Å²) in [6.45, 7) is -0.263. The van der Waals surface area contributed by atoms with Gasteiger partial charge in [-0.2, -0.15) is 0 Å². The topological polar surface area (TPSA) is 93.7 Å². The van der Waals surface area contributed by atoms with Gasteiger partial charge in [-0.1, -0.05) is 12.1 Å². The largest absolute Gasteiger partial charge is 0.573 e. The second-order valence-electron chi connectivity index (χ2n) is 5.75. The van der Waals surface area contributed by atoms with Crippen molar-refractivity contribution in [2.75, 3.05) is 19.0 Å². The van der Waals surface area contributed by atoms with Gasteiger partial charge < -0.3 is 20.1 Å². The van der Waals surface area contributed by atoms with E-state index in [0.717, 1.165) is 12.1 Å². The minimum Gasteiger partial charge on any atom is -0.468 e. The molecule has 0 aliphatic rings. The molecule has 0 aromatic heterocycles. The number of benzene rings is 2. The van der Waals surface area contributed by atoms with E-state index in [9.17, 15) is 27.6 Å². The Balaban J connectivity index is 1.87. The van der Waals surface area contributed by atoms with Crippen LogP contribution in [0.15, 0.2) is 48.5 Å². The van der Waals surface area contributed by atoms with E-state index in [4.69, 9.17) is 0 Å². The molecule has 2 amide bonds. The first-order valence-electron chi connectivity index (χ1n) is 8.26. The van der Waals surface area contributed by atoms with Crippen LogP contribution < -0.4 is 15.4 Å². The van der Waals surface area contributed by atoms with E-state index in [0.29, 0.717) is 11.3 Å². The molecule has 0 bridgehead atoms. The zero-order valence-electron chi connectivity index (χ0n) is 15.2. The Hall–Kier alpha value is -3.56. The van der Waals surface area contributed by atoms with Crippen molar-refractivity contribution < 1.29 is 37.0 Å². The smallest absolute Gasteiger partial charge is 0.468 e. The first-order chi connectivity index (χ1) is 13.7. The standard InChI is InChI=1S/C19H17F3N2O5/c1-28-17(26)11-23-18(27)13-4-6-14(7-5-13)24-16(25)10-12-2-8-15(9-3-12)29-19(20,21)22/h2-9H,10-11H2,1H3,(H,23,27)(H,24,25). The number of esters is 1. The Kier molecular flexibility index (Phi) is 7.18. The maximum Gasteiger partial charge on any atom is 0.573 e. The second-order valence-corrected chi connectivity index (χ2v) is 5.75. The maximum atomic E-state index is 12.1. The average molecular weight is 410 g/mol. The minimum atomic E-state index is -4.78. The molecule has 0 atom stereocenters. The van der Waals surface area contributed by atoms with Crippen molar-refractivity contribution in [2.45, 2.75) is 12.8 Å². The van der Waals surface area contributed by atoms with Gasteiger partial charge in [-0.05, 0) is 42.0 Å². The summed E-state index contributed by atoms with van der Waals surface area (Å²) in [6.07, 6.45) is -4.84. The van der Waals surface area contributed by atoms with Crippen molar-refractivity contribution in [2.24, 2.45) is 0 Å². The van der Waals surface area contributed by atoms with Crippen LogP contribution in [0.25, 0.3) is 0 Å². The van der Waals surface area contributed by atoms with Gasteiger partial charge in [0, 0.05) is 11.3 Å². The van der Waals surface area contributed by atoms with E-state index < -0.39 is 24.1 Å². The molecule has 10 heteroatoms. The summed E-state index contributed by atoms with van der Waals surface area (Å²) in [5.74, 6) is -1.82. The first-order valence-corrected chi connectivity index (χ1v) is 8.26. The summed E-state index contributed by atoms with van der Waals surface area (Å²) < 4.78 is 44.6. The van der Waals surface area contributed by atoms with Crippen LogP contribution >= 0.6 is 0 Å². The Labute approximate surface area is 163 Å². The third-order valence-corrected chi connectivity index (χ3v) is 3.57. The molecule has 0 saturated carbocycles. The summed E-state index contributed by atoms with van der Waals surface area (Å²) in [5.41, 5.74) is 1.21. The zero-order valence-corrected chi connectivity index (χ0v) is 15.2. The third kappa shape index (κ3) is 7.53. The van der Waals surface area contributed by atoms with Gasteiger partial charge >= 0.3 is 12.3 Å². The first kappa shape index (κ1) is 21.7. The monoisotopic (exact) mass is 410 g/mol. The number of hydrogen-bond acceptors (Lipinski definition) is 5. The number of halogens is 3. The summed E-state index contributed by atoms with van der Waals surface area (Å²) >= 11 is 0. The lowest BCUT2D eigenvalue weighted by molar-refractivity contribution is -0.274. The number of hydrogen-bond donors (Lipinski definition) is 2. The Morgan fingerprint density at radius 3 is 2.14 bits per heavy atom. The summed E-state index contributed by atoms with van der Waals surface area (Å²) in [5, 5.41) is 4.99. The molecule has 2 N–H and O–H groups in total. The number of methoxy groups -OCH3 is 1. The summed E-state index contributed by atoms with van der Waals surface area (Å²) in [4.78, 5) is 35.0. The fourth-order valence-electron chi connectivity index (χ4n) is 2.23. The lowest BCUT2D eigenvalue weighted by Crippen LogP contribution is -2.30. The molecule has 0 fully saturated rings. The van der Waals surface area contributed by atoms with Crippen molar-refractivity contribution >= 4 is 23.5 Å². The molecule has 0 radical (unpaired) electrons. The van der Waals surface area contributed by atoms with Gasteiger partial charge in [-0.15, -0.1) is 13.2 Å². The van der Waals surface area contributed by atoms with E-state index in [1.807, 2.05) is 0 Å². The van der Waals surface area contributed by atoms with Gasteiger partial charge in [-0.3, -0.25) is 14.4 Å². The molecule has 7 nitrogen and oxygen atoms in total. The number of rotatable bonds is 7. The van der Waals surface area contributed by atoms with E-state index in [1.54, 1.807) is 0 Å². The Morgan fingerprint density at radius 2 is 1.59 bits per heavy atom. The van der Waals surface area contributed by atoms with E-state index in [-0.39, 0.29) is 24.3 Å².